The van der Waals surface area contributed by atoms with Gasteiger partial charge >= 0.3 is 12.1 Å². The predicted molar refractivity (Wildman–Crippen MR) is 163 cm³/mol. The largest absolute Gasteiger partial charge is 0.481 e. The molecule has 0 radical (unpaired) electrons. The van der Waals surface area contributed by atoms with Gasteiger partial charge in [-0.15, -0.1) is 0 Å². The van der Waals surface area contributed by atoms with Crippen molar-refractivity contribution in [2.24, 2.45) is 0 Å². The summed E-state index contributed by atoms with van der Waals surface area (Å²) < 4.78 is 72.5. The molecule has 4 aromatic rings. The first-order chi connectivity index (χ1) is 21.7. The number of aryl methyl sites for hydroxylation is 1. The molecular formula is C32H32F3N3O7S. The van der Waals surface area contributed by atoms with Crippen molar-refractivity contribution < 1.29 is 41.5 Å². The summed E-state index contributed by atoms with van der Waals surface area (Å²) in [6, 6.07) is 18.3. The number of hydrogen-bond donors (Lipinski definition) is 2. The molecule has 5 rings (SSSR count). The number of aromatic nitrogens is 1. The second kappa shape index (κ2) is 12.9. The van der Waals surface area contributed by atoms with Crippen molar-refractivity contribution in [1.29, 1.82) is 0 Å². The zero-order chi connectivity index (χ0) is 33.3. The molecule has 1 unspecified atom stereocenters. The Balaban J connectivity index is 1.39. The predicted octanol–water partition coefficient (Wildman–Crippen LogP) is 5.30. The van der Waals surface area contributed by atoms with Crippen LogP contribution in [0.5, 0.6) is 0 Å². The molecule has 0 aliphatic carbocycles. The third-order valence-electron chi connectivity index (χ3n) is 8.49. The SMILES string of the molecule is O=C(O)CCc1ccc(S(=O)(=O)C2CCN(CC(O)(c3cn(Cc4ccccc4)c4cc([N+](=O)[O-])ccc34)C(F)(F)F)CC2)cc1. The lowest BCUT2D eigenvalue weighted by Crippen LogP contribution is -2.53. The van der Waals surface area contributed by atoms with Gasteiger partial charge in [0.05, 0.1) is 20.6 Å². The van der Waals surface area contributed by atoms with E-state index in [2.05, 4.69) is 0 Å². The molecule has 1 fully saturated rings. The first-order valence-corrected chi connectivity index (χ1v) is 16.1. The number of carboxylic acids is 1. The fraction of sp³-hybridized carbons (Fsp3) is 0.344. The van der Waals surface area contributed by atoms with Gasteiger partial charge in [-0.2, -0.15) is 13.2 Å². The van der Waals surface area contributed by atoms with Crippen molar-refractivity contribution in [3.63, 3.8) is 0 Å². The summed E-state index contributed by atoms with van der Waals surface area (Å²) in [6.07, 6.45) is -3.71. The summed E-state index contributed by atoms with van der Waals surface area (Å²) in [5.41, 5.74) is -2.54. The summed E-state index contributed by atoms with van der Waals surface area (Å²) >= 11 is 0. The number of carbonyl (C=O) groups is 1. The molecule has 2 heterocycles. The summed E-state index contributed by atoms with van der Waals surface area (Å²) in [6.45, 7) is -0.792. The number of piperidine rings is 1. The van der Waals surface area contributed by atoms with E-state index in [0.717, 1.165) is 11.6 Å². The fourth-order valence-electron chi connectivity index (χ4n) is 5.95. The van der Waals surface area contributed by atoms with E-state index in [9.17, 15) is 41.6 Å². The lowest BCUT2D eigenvalue weighted by atomic mass is 9.91. The van der Waals surface area contributed by atoms with Crippen LogP contribution in [0.3, 0.4) is 0 Å². The Hall–Kier alpha value is -4.27. The van der Waals surface area contributed by atoms with Crippen LogP contribution in [-0.2, 0) is 33.2 Å². The van der Waals surface area contributed by atoms with Gasteiger partial charge < -0.3 is 14.8 Å². The van der Waals surface area contributed by atoms with Crippen molar-refractivity contribution in [2.75, 3.05) is 19.6 Å². The van der Waals surface area contributed by atoms with Crippen molar-refractivity contribution in [3.8, 4) is 0 Å². The standard InChI is InChI=1S/C32H32F3N3O7S/c33-32(34,35)31(41,28-20-37(19-23-4-2-1-3-5-23)29-18-24(38(42)43)9-12-27(28)29)21-36-16-14-26(15-17-36)46(44,45)25-10-6-22(7-11-25)8-13-30(39)40/h1-7,9-12,18,20,26,41H,8,13-17,19,21H2,(H,39,40). The number of hydrogen-bond acceptors (Lipinski definition) is 7. The molecule has 14 heteroatoms. The molecule has 2 N–H and O–H groups in total. The number of halogens is 3. The van der Waals surface area contributed by atoms with Gasteiger partial charge in [-0.05, 0) is 61.7 Å². The number of carboxylic acid groups (broad SMARTS) is 1. The van der Waals surface area contributed by atoms with Crippen LogP contribution < -0.4 is 0 Å². The average molecular weight is 660 g/mol. The third-order valence-corrected chi connectivity index (χ3v) is 10.8. The second-order valence-electron chi connectivity index (χ2n) is 11.5. The molecular weight excluding hydrogens is 627 g/mol. The van der Waals surface area contributed by atoms with Crippen LogP contribution in [0.25, 0.3) is 10.9 Å². The smallest absolute Gasteiger partial charge is 0.422 e. The number of aliphatic carboxylic acids is 1. The third kappa shape index (κ3) is 6.78. The lowest BCUT2D eigenvalue weighted by Gasteiger charge is -2.38. The van der Waals surface area contributed by atoms with Crippen LogP contribution in [0.15, 0.2) is 83.9 Å². The molecule has 1 aliphatic heterocycles. The minimum atomic E-state index is -5.13. The maximum absolute atomic E-state index is 14.8. The van der Waals surface area contributed by atoms with Crippen molar-refractivity contribution in [3.05, 3.63) is 106 Å². The van der Waals surface area contributed by atoms with Crippen LogP contribution in [0.2, 0.25) is 0 Å². The molecule has 46 heavy (non-hydrogen) atoms. The summed E-state index contributed by atoms with van der Waals surface area (Å²) in [4.78, 5) is 23.1. The Labute approximate surface area is 262 Å². The molecule has 0 spiro atoms. The van der Waals surface area contributed by atoms with Crippen molar-refractivity contribution in [1.82, 2.24) is 9.47 Å². The van der Waals surface area contributed by atoms with Crippen LogP contribution in [0.1, 0.15) is 36.0 Å². The highest BCUT2D eigenvalue weighted by molar-refractivity contribution is 7.92. The van der Waals surface area contributed by atoms with Crippen molar-refractivity contribution in [2.45, 2.75) is 54.2 Å². The zero-order valence-electron chi connectivity index (χ0n) is 24.6. The summed E-state index contributed by atoms with van der Waals surface area (Å²) in [5.74, 6) is -0.970. The van der Waals surface area contributed by atoms with E-state index in [4.69, 9.17) is 5.11 Å². The molecule has 3 aromatic carbocycles. The molecule has 0 saturated carbocycles. The maximum atomic E-state index is 14.8. The van der Waals surface area contributed by atoms with E-state index in [1.165, 1.54) is 39.9 Å². The van der Waals surface area contributed by atoms with E-state index in [1.807, 2.05) is 0 Å². The van der Waals surface area contributed by atoms with Crippen LogP contribution >= 0.6 is 0 Å². The Bertz CT molecular complexity index is 1840. The van der Waals surface area contributed by atoms with Gasteiger partial charge in [0.25, 0.3) is 5.69 Å². The van der Waals surface area contributed by atoms with Gasteiger partial charge in [0.1, 0.15) is 0 Å². The minimum absolute atomic E-state index is 0.0191. The van der Waals surface area contributed by atoms with Gasteiger partial charge in [-0.3, -0.25) is 19.8 Å². The number of nitro benzene ring substituents is 1. The number of rotatable bonds is 11. The molecule has 244 valence electrons. The first kappa shape index (κ1) is 33.1. The fourth-order valence-corrected chi connectivity index (χ4v) is 7.68. The highest BCUT2D eigenvalue weighted by Gasteiger charge is 2.57. The minimum Gasteiger partial charge on any atom is -0.481 e. The number of non-ortho nitro benzene ring substituents is 1. The second-order valence-corrected chi connectivity index (χ2v) is 13.8. The Kier molecular flexibility index (Phi) is 9.25. The van der Waals surface area contributed by atoms with Crippen LogP contribution in [0.4, 0.5) is 18.9 Å². The van der Waals surface area contributed by atoms with Crippen LogP contribution in [0, 0.1) is 10.1 Å². The van der Waals surface area contributed by atoms with Gasteiger partial charge in [-0.1, -0.05) is 42.5 Å². The Morgan fingerprint density at radius 2 is 1.63 bits per heavy atom. The highest BCUT2D eigenvalue weighted by atomic mass is 32.2. The molecule has 1 saturated heterocycles. The number of fused-ring (bicyclic) bond motifs is 1. The molecule has 0 amide bonds. The number of benzene rings is 3. The zero-order valence-corrected chi connectivity index (χ0v) is 25.4. The normalized spacial score (nSPS) is 16.3. The molecule has 1 aliphatic rings. The average Bonchev–Trinajstić information content (AvgIpc) is 3.38. The van der Waals surface area contributed by atoms with Gasteiger partial charge in [-0.25, -0.2) is 8.42 Å². The maximum Gasteiger partial charge on any atom is 0.422 e. The molecule has 0 bridgehead atoms. The van der Waals surface area contributed by atoms with Crippen LogP contribution in [-0.4, -0.2) is 70.1 Å². The first-order valence-electron chi connectivity index (χ1n) is 14.6. The lowest BCUT2D eigenvalue weighted by molar-refractivity contribution is -0.384. The number of nitro groups is 1. The van der Waals surface area contributed by atoms with Gasteiger partial charge in [0.2, 0.25) is 5.60 Å². The number of nitrogens with zero attached hydrogens (tertiary/aromatic N) is 3. The van der Waals surface area contributed by atoms with E-state index in [1.54, 1.807) is 42.5 Å². The van der Waals surface area contributed by atoms with Gasteiger partial charge in [0, 0.05) is 48.8 Å². The summed E-state index contributed by atoms with van der Waals surface area (Å²) in [5, 5.41) is 31.0. The van der Waals surface area contributed by atoms with E-state index >= 15 is 0 Å². The Morgan fingerprint density at radius 3 is 2.22 bits per heavy atom. The number of β-amino-alcohol motifs (C(OH)–C–C–N with tert-alkyl or cyclic N) is 1. The number of alkyl halides is 3. The Morgan fingerprint density at radius 1 is 0.978 bits per heavy atom. The van der Waals surface area contributed by atoms with E-state index in [0.29, 0.717) is 5.56 Å². The van der Waals surface area contributed by atoms with E-state index < -0.39 is 49.9 Å². The van der Waals surface area contributed by atoms with Gasteiger partial charge in [0.15, 0.2) is 9.84 Å². The topological polar surface area (TPSA) is 143 Å². The van der Waals surface area contributed by atoms with E-state index in [-0.39, 0.29) is 66.8 Å². The molecule has 1 aromatic heterocycles. The molecule has 10 nitrogen and oxygen atoms in total. The summed E-state index contributed by atoms with van der Waals surface area (Å²) in [7, 11) is -3.81. The monoisotopic (exact) mass is 659 g/mol. The number of sulfone groups is 1. The van der Waals surface area contributed by atoms with Crippen molar-refractivity contribution >= 4 is 32.4 Å². The highest BCUT2D eigenvalue weighted by Crippen LogP contribution is 2.44. The quantitative estimate of drug-likeness (QED) is 0.163. The number of likely N-dealkylation sites (tertiary alicyclic amines) is 1. The molecule has 1 atom stereocenters. The number of aliphatic hydroxyl groups is 1.